The van der Waals surface area contributed by atoms with E-state index in [0.717, 1.165) is 30.9 Å². The standard InChI is InChI=1S/C14H21NO/c1-11-6-7-14(15,9-11)10-12-4-3-5-13(8-12)16-2/h3-5,8,11H,6-7,9-10,15H2,1-2H3. The maximum absolute atomic E-state index is 6.43. The van der Waals surface area contributed by atoms with Crippen molar-refractivity contribution in [1.29, 1.82) is 0 Å². The quantitative estimate of drug-likeness (QED) is 0.848. The first-order valence-corrected chi connectivity index (χ1v) is 6.03. The summed E-state index contributed by atoms with van der Waals surface area (Å²) in [5, 5.41) is 0. The SMILES string of the molecule is COc1cccc(CC2(N)CCC(C)C2)c1. The van der Waals surface area contributed by atoms with E-state index < -0.39 is 0 Å². The van der Waals surface area contributed by atoms with Crippen LogP contribution in [0.1, 0.15) is 31.7 Å². The maximum Gasteiger partial charge on any atom is 0.119 e. The van der Waals surface area contributed by atoms with Gasteiger partial charge in [-0.3, -0.25) is 0 Å². The molecular weight excluding hydrogens is 198 g/mol. The first-order valence-electron chi connectivity index (χ1n) is 6.03. The van der Waals surface area contributed by atoms with Crippen LogP contribution in [0.15, 0.2) is 24.3 Å². The Kier molecular flexibility index (Phi) is 3.20. The van der Waals surface area contributed by atoms with Crippen molar-refractivity contribution in [3.05, 3.63) is 29.8 Å². The Morgan fingerprint density at radius 3 is 2.94 bits per heavy atom. The number of hydrogen-bond donors (Lipinski definition) is 1. The molecule has 0 radical (unpaired) electrons. The van der Waals surface area contributed by atoms with E-state index in [0.29, 0.717) is 0 Å². The molecule has 2 unspecified atom stereocenters. The Balaban J connectivity index is 2.08. The van der Waals surface area contributed by atoms with E-state index in [1.54, 1.807) is 7.11 Å². The van der Waals surface area contributed by atoms with Crippen LogP contribution in [0.2, 0.25) is 0 Å². The monoisotopic (exact) mass is 219 g/mol. The summed E-state index contributed by atoms with van der Waals surface area (Å²) in [5.41, 5.74) is 7.73. The second kappa shape index (κ2) is 4.46. The Hall–Kier alpha value is -1.02. The van der Waals surface area contributed by atoms with Gasteiger partial charge in [-0.1, -0.05) is 19.1 Å². The highest BCUT2D eigenvalue weighted by molar-refractivity contribution is 5.29. The molecular formula is C14H21NO. The second-order valence-electron chi connectivity index (χ2n) is 5.24. The zero-order chi connectivity index (χ0) is 11.6. The largest absolute Gasteiger partial charge is 0.497 e. The van der Waals surface area contributed by atoms with Crippen molar-refractivity contribution in [1.82, 2.24) is 0 Å². The summed E-state index contributed by atoms with van der Waals surface area (Å²) in [7, 11) is 1.70. The molecule has 0 aromatic heterocycles. The molecule has 1 saturated carbocycles. The molecule has 1 aliphatic rings. The van der Waals surface area contributed by atoms with Crippen molar-refractivity contribution < 1.29 is 4.74 Å². The van der Waals surface area contributed by atoms with Crippen LogP contribution in [-0.4, -0.2) is 12.6 Å². The smallest absolute Gasteiger partial charge is 0.119 e. The van der Waals surface area contributed by atoms with Crippen LogP contribution in [0.3, 0.4) is 0 Å². The summed E-state index contributed by atoms with van der Waals surface area (Å²) in [5.74, 6) is 1.70. The number of rotatable bonds is 3. The lowest BCUT2D eigenvalue weighted by Gasteiger charge is -2.24. The average molecular weight is 219 g/mol. The highest BCUT2D eigenvalue weighted by atomic mass is 16.5. The molecule has 0 spiro atoms. The van der Waals surface area contributed by atoms with E-state index in [-0.39, 0.29) is 5.54 Å². The van der Waals surface area contributed by atoms with Crippen LogP contribution in [0, 0.1) is 5.92 Å². The maximum atomic E-state index is 6.43. The number of ether oxygens (including phenoxy) is 1. The van der Waals surface area contributed by atoms with Gasteiger partial charge in [0, 0.05) is 5.54 Å². The van der Waals surface area contributed by atoms with Crippen LogP contribution in [-0.2, 0) is 6.42 Å². The Morgan fingerprint density at radius 2 is 2.31 bits per heavy atom. The molecule has 2 N–H and O–H groups in total. The Bertz CT molecular complexity index is 364. The highest BCUT2D eigenvalue weighted by Gasteiger charge is 2.33. The van der Waals surface area contributed by atoms with Gasteiger partial charge in [0.15, 0.2) is 0 Å². The number of nitrogens with two attached hydrogens (primary N) is 1. The van der Waals surface area contributed by atoms with E-state index in [1.807, 2.05) is 12.1 Å². The summed E-state index contributed by atoms with van der Waals surface area (Å²) in [4.78, 5) is 0. The molecule has 2 atom stereocenters. The van der Waals surface area contributed by atoms with Gasteiger partial charge in [-0.15, -0.1) is 0 Å². The van der Waals surface area contributed by atoms with Crippen LogP contribution in [0.5, 0.6) is 5.75 Å². The minimum absolute atomic E-state index is 0.00574. The first-order chi connectivity index (χ1) is 7.61. The molecule has 2 nitrogen and oxygen atoms in total. The number of benzene rings is 1. The van der Waals surface area contributed by atoms with Gasteiger partial charge in [0.1, 0.15) is 5.75 Å². The van der Waals surface area contributed by atoms with E-state index in [9.17, 15) is 0 Å². The average Bonchev–Trinajstić information content (AvgIpc) is 2.58. The molecule has 1 aromatic rings. The van der Waals surface area contributed by atoms with E-state index in [1.165, 1.54) is 12.0 Å². The molecule has 88 valence electrons. The third-order valence-corrected chi connectivity index (χ3v) is 3.58. The summed E-state index contributed by atoms with van der Waals surface area (Å²) >= 11 is 0. The highest BCUT2D eigenvalue weighted by Crippen LogP contribution is 2.35. The lowest BCUT2D eigenvalue weighted by atomic mass is 9.89. The zero-order valence-electron chi connectivity index (χ0n) is 10.2. The summed E-state index contributed by atoms with van der Waals surface area (Å²) < 4.78 is 5.23. The minimum Gasteiger partial charge on any atom is -0.497 e. The van der Waals surface area contributed by atoms with Crippen molar-refractivity contribution in [2.24, 2.45) is 11.7 Å². The van der Waals surface area contributed by atoms with Gasteiger partial charge < -0.3 is 10.5 Å². The predicted molar refractivity (Wildman–Crippen MR) is 66.6 cm³/mol. The molecule has 0 saturated heterocycles. The Labute approximate surface area is 97.8 Å². The van der Waals surface area contributed by atoms with Crippen molar-refractivity contribution in [3.8, 4) is 5.75 Å². The van der Waals surface area contributed by atoms with Gasteiger partial charge in [-0.25, -0.2) is 0 Å². The third-order valence-electron chi connectivity index (χ3n) is 3.58. The molecule has 0 amide bonds. The van der Waals surface area contributed by atoms with Crippen LogP contribution < -0.4 is 10.5 Å². The summed E-state index contributed by atoms with van der Waals surface area (Å²) in [6, 6.07) is 8.25. The molecule has 2 rings (SSSR count). The lowest BCUT2D eigenvalue weighted by Crippen LogP contribution is -2.39. The van der Waals surface area contributed by atoms with Crippen LogP contribution in [0.25, 0.3) is 0 Å². The van der Waals surface area contributed by atoms with Crippen LogP contribution >= 0.6 is 0 Å². The molecule has 0 bridgehead atoms. The fourth-order valence-corrected chi connectivity index (χ4v) is 2.78. The van der Waals surface area contributed by atoms with Gasteiger partial charge in [-0.05, 0) is 49.3 Å². The van der Waals surface area contributed by atoms with Gasteiger partial charge >= 0.3 is 0 Å². The minimum atomic E-state index is 0.00574. The van der Waals surface area contributed by atoms with Gasteiger partial charge in [0.25, 0.3) is 0 Å². The van der Waals surface area contributed by atoms with E-state index in [2.05, 4.69) is 19.1 Å². The van der Waals surface area contributed by atoms with Crippen molar-refractivity contribution in [3.63, 3.8) is 0 Å². The van der Waals surface area contributed by atoms with Gasteiger partial charge in [0.05, 0.1) is 7.11 Å². The van der Waals surface area contributed by atoms with Crippen molar-refractivity contribution >= 4 is 0 Å². The molecule has 1 fully saturated rings. The van der Waals surface area contributed by atoms with Gasteiger partial charge in [0.2, 0.25) is 0 Å². The normalized spacial score (nSPS) is 29.3. The Morgan fingerprint density at radius 1 is 1.50 bits per heavy atom. The fourth-order valence-electron chi connectivity index (χ4n) is 2.78. The lowest BCUT2D eigenvalue weighted by molar-refractivity contribution is 0.407. The fraction of sp³-hybridized carbons (Fsp3) is 0.571. The predicted octanol–water partition coefficient (Wildman–Crippen LogP) is 2.76. The van der Waals surface area contributed by atoms with Crippen LogP contribution in [0.4, 0.5) is 0 Å². The number of methoxy groups -OCH3 is 1. The summed E-state index contributed by atoms with van der Waals surface area (Å²) in [6.07, 6.45) is 4.52. The molecule has 16 heavy (non-hydrogen) atoms. The summed E-state index contributed by atoms with van der Waals surface area (Å²) in [6.45, 7) is 2.29. The topological polar surface area (TPSA) is 35.2 Å². The van der Waals surface area contributed by atoms with Crippen molar-refractivity contribution in [2.75, 3.05) is 7.11 Å². The molecule has 1 aliphatic carbocycles. The third kappa shape index (κ3) is 2.56. The van der Waals surface area contributed by atoms with Crippen molar-refractivity contribution in [2.45, 2.75) is 38.1 Å². The second-order valence-corrected chi connectivity index (χ2v) is 5.24. The molecule has 2 heteroatoms. The van der Waals surface area contributed by atoms with E-state index >= 15 is 0 Å². The first kappa shape index (κ1) is 11.5. The molecule has 0 heterocycles. The molecule has 1 aromatic carbocycles. The molecule has 0 aliphatic heterocycles. The zero-order valence-corrected chi connectivity index (χ0v) is 10.2. The van der Waals surface area contributed by atoms with E-state index in [4.69, 9.17) is 10.5 Å². The number of hydrogen-bond acceptors (Lipinski definition) is 2. The van der Waals surface area contributed by atoms with Gasteiger partial charge in [-0.2, -0.15) is 0 Å².